The maximum absolute atomic E-state index is 12.6. The molecule has 3 amide bonds. The summed E-state index contributed by atoms with van der Waals surface area (Å²) < 4.78 is 0. The number of nitrogens with one attached hydrogen (secondary N) is 1. The number of aryl methyl sites for hydroxylation is 2. The number of benzene rings is 2. The molecule has 4 rings (SSSR count). The van der Waals surface area contributed by atoms with Crippen LogP contribution in [0, 0.1) is 13.8 Å². The molecule has 1 aliphatic rings. The average Bonchev–Trinajstić information content (AvgIpc) is 2.93. The maximum Gasteiger partial charge on any atom is 0.261 e. The van der Waals surface area contributed by atoms with E-state index in [1.807, 2.05) is 38.1 Å². The van der Waals surface area contributed by atoms with E-state index < -0.39 is 0 Å². The normalized spacial score (nSPS) is 12.8. The van der Waals surface area contributed by atoms with Gasteiger partial charge in [-0.1, -0.05) is 35.9 Å². The molecule has 1 aliphatic heterocycles. The van der Waals surface area contributed by atoms with Crippen LogP contribution in [0.15, 0.2) is 48.5 Å². The van der Waals surface area contributed by atoms with Crippen LogP contribution >= 0.6 is 0 Å². The van der Waals surface area contributed by atoms with E-state index in [2.05, 4.69) is 15.5 Å². The lowest BCUT2D eigenvalue weighted by Crippen LogP contribution is -2.25. The first kappa shape index (κ1) is 19.4. The van der Waals surface area contributed by atoms with Gasteiger partial charge in [0, 0.05) is 12.6 Å². The SMILES string of the molecule is Cc1ccc(-c2ccc(NC(=O)Cc3cc(C)cc4c3C(=O)N(C)C4=O)nn2)cc1. The molecule has 0 saturated heterocycles. The van der Waals surface area contributed by atoms with Gasteiger partial charge in [0.25, 0.3) is 11.8 Å². The minimum Gasteiger partial charge on any atom is -0.309 e. The van der Waals surface area contributed by atoms with Crippen molar-refractivity contribution in [2.24, 2.45) is 0 Å². The number of anilines is 1. The van der Waals surface area contributed by atoms with E-state index in [-0.39, 0.29) is 24.1 Å². The number of nitrogens with zero attached hydrogens (tertiary/aromatic N) is 3. The molecule has 2 heterocycles. The first-order valence-electron chi connectivity index (χ1n) is 9.50. The summed E-state index contributed by atoms with van der Waals surface area (Å²) in [5, 5.41) is 11.0. The van der Waals surface area contributed by atoms with Gasteiger partial charge >= 0.3 is 0 Å². The molecular formula is C23H20N4O3. The van der Waals surface area contributed by atoms with Gasteiger partial charge < -0.3 is 5.32 Å². The number of hydrogen-bond acceptors (Lipinski definition) is 5. The van der Waals surface area contributed by atoms with Crippen molar-refractivity contribution in [2.75, 3.05) is 12.4 Å². The van der Waals surface area contributed by atoms with Crippen LogP contribution < -0.4 is 5.32 Å². The molecule has 0 aliphatic carbocycles. The van der Waals surface area contributed by atoms with Gasteiger partial charge in [0.15, 0.2) is 5.82 Å². The highest BCUT2D eigenvalue weighted by Crippen LogP contribution is 2.27. The molecule has 0 bridgehead atoms. The highest BCUT2D eigenvalue weighted by molar-refractivity contribution is 6.22. The fourth-order valence-electron chi connectivity index (χ4n) is 3.50. The van der Waals surface area contributed by atoms with E-state index >= 15 is 0 Å². The predicted octanol–water partition coefficient (Wildman–Crippen LogP) is 3.17. The van der Waals surface area contributed by atoms with Gasteiger partial charge in [0.05, 0.1) is 23.2 Å². The molecular weight excluding hydrogens is 380 g/mol. The highest BCUT2D eigenvalue weighted by atomic mass is 16.2. The van der Waals surface area contributed by atoms with Crippen LogP contribution in [-0.2, 0) is 11.2 Å². The van der Waals surface area contributed by atoms with Crippen molar-refractivity contribution < 1.29 is 14.4 Å². The molecule has 7 heteroatoms. The molecule has 0 fully saturated rings. The summed E-state index contributed by atoms with van der Waals surface area (Å²) in [6.45, 7) is 3.84. The topological polar surface area (TPSA) is 92.3 Å². The molecule has 0 unspecified atom stereocenters. The third-order valence-corrected chi connectivity index (χ3v) is 5.05. The zero-order valence-electron chi connectivity index (χ0n) is 16.9. The standard InChI is InChI=1S/C23H20N4O3/c1-13-4-6-15(7-5-13)18-8-9-19(26-25-18)24-20(28)12-16-10-14(2)11-17-21(16)23(30)27(3)22(17)29/h4-11H,12H2,1-3H3,(H,24,26,28). The van der Waals surface area contributed by atoms with Crippen molar-refractivity contribution in [2.45, 2.75) is 20.3 Å². The average molecular weight is 400 g/mol. The summed E-state index contributed by atoms with van der Waals surface area (Å²) in [6.07, 6.45) is -0.0434. The van der Waals surface area contributed by atoms with Crippen LogP contribution in [0.5, 0.6) is 0 Å². The van der Waals surface area contributed by atoms with Crippen LogP contribution in [0.2, 0.25) is 0 Å². The molecule has 1 aromatic heterocycles. The molecule has 0 atom stereocenters. The number of carbonyl (C=O) groups is 3. The summed E-state index contributed by atoms with van der Waals surface area (Å²) in [5.74, 6) is -0.757. The Morgan fingerprint density at radius 2 is 1.67 bits per heavy atom. The van der Waals surface area contributed by atoms with Gasteiger partial charge in [-0.05, 0) is 43.2 Å². The lowest BCUT2D eigenvalue weighted by molar-refractivity contribution is -0.115. The van der Waals surface area contributed by atoms with Crippen molar-refractivity contribution in [1.29, 1.82) is 0 Å². The number of carbonyl (C=O) groups excluding carboxylic acids is 3. The zero-order chi connectivity index (χ0) is 21.4. The van der Waals surface area contributed by atoms with Crippen LogP contribution in [0.3, 0.4) is 0 Å². The van der Waals surface area contributed by atoms with E-state index in [0.29, 0.717) is 28.2 Å². The Morgan fingerprint density at radius 1 is 0.933 bits per heavy atom. The van der Waals surface area contributed by atoms with E-state index in [0.717, 1.165) is 21.6 Å². The Labute approximate surface area is 173 Å². The monoisotopic (exact) mass is 400 g/mol. The Hall–Kier alpha value is -3.87. The Bertz CT molecular complexity index is 1170. The highest BCUT2D eigenvalue weighted by Gasteiger charge is 2.35. The fourth-order valence-corrected chi connectivity index (χ4v) is 3.50. The van der Waals surface area contributed by atoms with E-state index in [1.165, 1.54) is 7.05 Å². The second-order valence-electron chi connectivity index (χ2n) is 7.41. The first-order chi connectivity index (χ1) is 14.3. The number of fused-ring (bicyclic) bond motifs is 1. The minimum atomic E-state index is -0.389. The van der Waals surface area contributed by atoms with Crippen LogP contribution in [0.1, 0.15) is 37.4 Å². The second-order valence-corrected chi connectivity index (χ2v) is 7.41. The Balaban J connectivity index is 1.51. The summed E-state index contributed by atoms with van der Waals surface area (Å²) in [6, 6.07) is 14.8. The number of aromatic nitrogens is 2. The Kier molecular flexibility index (Phi) is 4.87. The van der Waals surface area contributed by atoms with Gasteiger partial charge in [0.2, 0.25) is 5.91 Å². The van der Waals surface area contributed by atoms with E-state index in [9.17, 15) is 14.4 Å². The fraction of sp³-hybridized carbons (Fsp3) is 0.174. The molecule has 0 radical (unpaired) electrons. The van der Waals surface area contributed by atoms with Crippen molar-refractivity contribution in [3.63, 3.8) is 0 Å². The lowest BCUT2D eigenvalue weighted by atomic mass is 9.97. The molecule has 1 N–H and O–H groups in total. The minimum absolute atomic E-state index is 0.0434. The maximum atomic E-state index is 12.6. The number of amides is 3. The molecule has 2 aromatic carbocycles. The largest absolute Gasteiger partial charge is 0.309 e. The van der Waals surface area contributed by atoms with Gasteiger partial charge in [-0.3, -0.25) is 19.3 Å². The quantitative estimate of drug-likeness (QED) is 0.679. The van der Waals surface area contributed by atoms with E-state index in [4.69, 9.17) is 0 Å². The molecule has 30 heavy (non-hydrogen) atoms. The predicted molar refractivity (Wildman–Crippen MR) is 112 cm³/mol. The van der Waals surface area contributed by atoms with Crippen LogP contribution in [0.4, 0.5) is 5.82 Å². The summed E-state index contributed by atoms with van der Waals surface area (Å²) in [4.78, 5) is 38.3. The number of imide groups is 1. The zero-order valence-corrected chi connectivity index (χ0v) is 16.9. The number of hydrogen-bond donors (Lipinski definition) is 1. The summed E-state index contributed by atoms with van der Waals surface area (Å²) >= 11 is 0. The third-order valence-electron chi connectivity index (χ3n) is 5.05. The Morgan fingerprint density at radius 3 is 2.33 bits per heavy atom. The summed E-state index contributed by atoms with van der Waals surface area (Å²) in [7, 11) is 1.44. The molecule has 150 valence electrons. The van der Waals surface area contributed by atoms with Crippen LogP contribution in [-0.4, -0.2) is 39.9 Å². The van der Waals surface area contributed by atoms with Crippen LogP contribution in [0.25, 0.3) is 11.3 Å². The number of rotatable bonds is 4. The third kappa shape index (κ3) is 3.57. The molecule has 0 saturated carbocycles. The van der Waals surface area contributed by atoms with E-state index in [1.54, 1.807) is 24.3 Å². The molecule has 7 nitrogen and oxygen atoms in total. The molecule has 3 aromatic rings. The van der Waals surface area contributed by atoms with Crippen molar-refractivity contribution >= 4 is 23.5 Å². The second kappa shape index (κ2) is 7.51. The molecule has 0 spiro atoms. The van der Waals surface area contributed by atoms with Gasteiger partial charge in [0.1, 0.15) is 0 Å². The van der Waals surface area contributed by atoms with Gasteiger partial charge in [-0.2, -0.15) is 0 Å². The van der Waals surface area contributed by atoms with Gasteiger partial charge in [-0.25, -0.2) is 0 Å². The smallest absolute Gasteiger partial charge is 0.261 e. The van der Waals surface area contributed by atoms with Crippen molar-refractivity contribution in [1.82, 2.24) is 15.1 Å². The summed E-state index contributed by atoms with van der Waals surface area (Å²) in [5.41, 5.74) is 4.77. The van der Waals surface area contributed by atoms with Crippen molar-refractivity contribution in [3.8, 4) is 11.3 Å². The first-order valence-corrected chi connectivity index (χ1v) is 9.50. The van der Waals surface area contributed by atoms with Crippen molar-refractivity contribution in [3.05, 3.63) is 76.3 Å². The lowest BCUT2D eigenvalue weighted by Gasteiger charge is -2.09. The van der Waals surface area contributed by atoms with Gasteiger partial charge in [-0.15, -0.1) is 10.2 Å².